The lowest BCUT2D eigenvalue weighted by molar-refractivity contribution is 0.0661. The van der Waals surface area contributed by atoms with Crippen LogP contribution in [0.15, 0.2) is 10.5 Å². The normalized spacial score (nSPS) is 10.0. The van der Waals surface area contributed by atoms with Crippen LogP contribution in [0.5, 0.6) is 0 Å². The van der Waals surface area contributed by atoms with Crippen LogP contribution in [0.2, 0.25) is 0 Å². The molecule has 1 aromatic heterocycles. The van der Waals surface area contributed by atoms with E-state index in [1.807, 2.05) is 6.92 Å². The number of aromatic carboxylic acids is 1. The molecular weight excluding hydrogens is 144 g/mol. The molecule has 0 bridgehead atoms. The van der Waals surface area contributed by atoms with Gasteiger partial charge in [-0.3, -0.25) is 0 Å². The molecule has 0 amide bonds. The second kappa shape index (κ2) is 2.78. The summed E-state index contributed by atoms with van der Waals surface area (Å²) >= 11 is 0. The van der Waals surface area contributed by atoms with Crippen molar-refractivity contribution in [2.75, 3.05) is 0 Å². The monoisotopic (exact) mass is 154 g/mol. The number of aryl methyl sites for hydroxylation is 2. The summed E-state index contributed by atoms with van der Waals surface area (Å²) < 4.78 is 4.97. The third kappa shape index (κ3) is 1.42. The molecule has 0 aliphatic carbocycles. The highest BCUT2D eigenvalue weighted by Crippen LogP contribution is 2.14. The molecule has 0 saturated carbocycles. The molecule has 0 saturated heterocycles. The summed E-state index contributed by atoms with van der Waals surface area (Å²) in [5.74, 6) is -0.281. The highest BCUT2D eigenvalue weighted by molar-refractivity contribution is 5.84. The summed E-state index contributed by atoms with van der Waals surface area (Å²) in [6.45, 7) is 3.73. The van der Waals surface area contributed by atoms with Crippen LogP contribution in [0.25, 0.3) is 0 Å². The van der Waals surface area contributed by atoms with Crippen LogP contribution >= 0.6 is 0 Å². The maximum Gasteiger partial charge on any atom is 0.371 e. The van der Waals surface area contributed by atoms with Crippen molar-refractivity contribution in [3.63, 3.8) is 0 Å². The van der Waals surface area contributed by atoms with E-state index < -0.39 is 5.97 Å². The summed E-state index contributed by atoms with van der Waals surface area (Å²) in [6, 6.07) is 1.57. The van der Waals surface area contributed by atoms with E-state index in [2.05, 4.69) is 0 Å². The largest absolute Gasteiger partial charge is 0.475 e. The molecule has 0 radical (unpaired) electrons. The minimum atomic E-state index is -1.01. The highest BCUT2D eigenvalue weighted by Gasteiger charge is 2.10. The maximum atomic E-state index is 10.4. The Morgan fingerprint density at radius 3 is 2.64 bits per heavy atom. The molecule has 0 unspecified atom stereocenters. The first kappa shape index (κ1) is 7.85. The minimum Gasteiger partial charge on any atom is -0.475 e. The lowest BCUT2D eigenvalue weighted by atomic mass is 10.2. The van der Waals surface area contributed by atoms with E-state index in [0.29, 0.717) is 5.76 Å². The molecule has 0 aliphatic heterocycles. The predicted molar refractivity (Wildman–Crippen MR) is 39.8 cm³/mol. The van der Waals surface area contributed by atoms with Gasteiger partial charge in [0.2, 0.25) is 5.76 Å². The molecule has 1 aromatic rings. The molecule has 0 fully saturated rings. The summed E-state index contributed by atoms with van der Waals surface area (Å²) in [6.07, 6.45) is 0.808. The van der Waals surface area contributed by atoms with Gasteiger partial charge in [-0.2, -0.15) is 0 Å². The van der Waals surface area contributed by atoms with E-state index in [-0.39, 0.29) is 5.76 Å². The average molecular weight is 154 g/mol. The summed E-state index contributed by atoms with van der Waals surface area (Å²) in [7, 11) is 0. The van der Waals surface area contributed by atoms with Crippen LogP contribution in [0, 0.1) is 6.92 Å². The van der Waals surface area contributed by atoms with Gasteiger partial charge in [0, 0.05) is 0 Å². The van der Waals surface area contributed by atoms with Crippen molar-refractivity contribution in [1.29, 1.82) is 0 Å². The van der Waals surface area contributed by atoms with Gasteiger partial charge >= 0.3 is 5.97 Å². The van der Waals surface area contributed by atoms with Crippen molar-refractivity contribution in [2.24, 2.45) is 0 Å². The quantitative estimate of drug-likeness (QED) is 0.707. The molecular formula is C8H10O3. The number of hydrogen-bond donors (Lipinski definition) is 1. The van der Waals surface area contributed by atoms with Crippen molar-refractivity contribution in [3.8, 4) is 0 Å². The number of hydrogen-bond acceptors (Lipinski definition) is 2. The fourth-order valence-corrected chi connectivity index (χ4v) is 0.976. The second-order valence-corrected chi connectivity index (χ2v) is 2.35. The van der Waals surface area contributed by atoms with Gasteiger partial charge in [0.15, 0.2) is 0 Å². The number of carboxylic acids is 1. The fraction of sp³-hybridized carbons (Fsp3) is 0.375. The van der Waals surface area contributed by atoms with Gasteiger partial charge in [-0.1, -0.05) is 6.92 Å². The van der Waals surface area contributed by atoms with Gasteiger partial charge in [-0.05, 0) is 25.0 Å². The van der Waals surface area contributed by atoms with Crippen molar-refractivity contribution in [1.82, 2.24) is 0 Å². The predicted octanol–water partition coefficient (Wildman–Crippen LogP) is 1.85. The smallest absolute Gasteiger partial charge is 0.371 e. The van der Waals surface area contributed by atoms with Gasteiger partial charge in [0.1, 0.15) is 5.76 Å². The average Bonchev–Trinajstić information content (AvgIpc) is 2.31. The first-order chi connectivity index (χ1) is 5.15. The van der Waals surface area contributed by atoms with Gasteiger partial charge in [0.25, 0.3) is 0 Å². The molecule has 3 heteroatoms. The Hall–Kier alpha value is -1.25. The van der Waals surface area contributed by atoms with Crippen molar-refractivity contribution in [3.05, 3.63) is 23.2 Å². The number of carbonyl (C=O) groups is 1. The van der Waals surface area contributed by atoms with E-state index >= 15 is 0 Å². The van der Waals surface area contributed by atoms with E-state index in [9.17, 15) is 4.79 Å². The summed E-state index contributed by atoms with van der Waals surface area (Å²) in [5, 5.41) is 8.52. The first-order valence-corrected chi connectivity index (χ1v) is 3.47. The topological polar surface area (TPSA) is 50.4 Å². The van der Waals surface area contributed by atoms with Crippen molar-refractivity contribution in [2.45, 2.75) is 20.3 Å². The van der Waals surface area contributed by atoms with Crippen LogP contribution < -0.4 is 0 Å². The van der Waals surface area contributed by atoms with Gasteiger partial charge in [-0.25, -0.2) is 4.79 Å². The van der Waals surface area contributed by atoms with E-state index in [1.54, 1.807) is 13.0 Å². The summed E-state index contributed by atoms with van der Waals surface area (Å²) in [4.78, 5) is 10.4. The minimum absolute atomic E-state index is 0.0272. The zero-order chi connectivity index (χ0) is 8.43. The van der Waals surface area contributed by atoms with E-state index in [1.165, 1.54) is 0 Å². The van der Waals surface area contributed by atoms with Crippen molar-refractivity contribution >= 4 is 5.97 Å². The number of furan rings is 1. The third-order valence-corrected chi connectivity index (χ3v) is 1.61. The van der Waals surface area contributed by atoms with Crippen molar-refractivity contribution < 1.29 is 14.3 Å². The zero-order valence-corrected chi connectivity index (χ0v) is 6.55. The Labute approximate surface area is 64.6 Å². The Morgan fingerprint density at radius 2 is 2.36 bits per heavy atom. The standard InChI is InChI=1S/C8H10O3/c1-3-6-4-7(8(9)10)11-5(6)2/h4H,3H2,1-2H3,(H,9,10). The molecule has 1 heterocycles. The Morgan fingerprint density at radius 1 is 1.73 bits per heavy atom. The van der Waals surface area contributed by atoms with Crippen LogP contribution in [-0.4, -0.2) is 11.1 Å². The summed E-state index contributed by atoms with van der Waals surface area (Å²) in [5.41, 5.74) is 0.961. The zero-order valence-electron chi connectivity index (χ0n) is 6.55. The molecule has 1 N–H and O–H groups in total. The molecule has 1 rings (SSSR count). The lowest BCUT2D eigenvalue weighted by Crippen LogP contribution is -1.91. The Kier molecular flexibility index (Phi) is 1.98. The Bertz CT molecular complexity index is 273. The molecule has 0 aromatic carbocycles. The molecule has 0 aliphatic rings. The number of carboxylic acid groups (broad SMARTS) is 1. The maximum absolute atomic E-state index is 10.4. The molecule has 11 heavy (non-hydrogen) atoms. The third-order valence-electron chi connectivity index (χ3n) is 1.61. The Balaban J connectivity index is 3.05. The molecule has 60 valence electrons. The van der Waals surface area contributed by atoms with Gasteiger partial charge in [-0.15, -0.1) is 0 Å². The molecule has 0 spiro atoms. The van der Waals surface area contributed by atoms with Crippen LogP contribution in [0.3, 0.4) is 0 Å². The molecule has 3 nitrogen and oxygen atoms in total. The fourth-order valence-electron chi connectivity index (χ4n) is 0.976. The van der Waals surface area contributed by atoms with Crippen LogP contribution in [-0.2, 0) is 6.42 Å². The van der Waals surface area contributed by atoms with Gasteiger partial charge in [0.05, 0.1) is 0 Å². The van der Waals surface area contributed by atoms with Gasteiger partial charge < -0.3 is 9.52 Å². The SMILES string of the molecule is CCc1cc(C(=O)O)oc1C. The molecule has 0 atom stereocenters. The van der Waals surface area contributed by atoms with Crippen LogP contribution in [0.4, 0.5) is 0 Å². The van der Waals surface area contributed by atoms with E-state index in [4.69, 9.17) is 9.52 Å². The highest BCUT2D eigenvalue weighted by atomic mass is 16.4. The second-order valence-electron chi connectivity index (χ2n) is 2.35. The van der Waals surface area contributed by atoms with E-state index in [0.717, 1.165) is 12.0 Å². The van der Waals surface area contributed by atoms with Crippen LogP contribution in [0.1, 0.15) is 28.8 Å². The number of rotatable bonds is 2. The first-order valence-electron chi connectivity index (χ1n) is 3.47. The lowest BCUT2D eigenvalue weighted by Gasteiger charge is -1.86.